The monoisotopic (exact) mass is 797 g/mol. The molecule has 0 bridgehead atoms. The van der Waals surface area contributed by atoms with Crippen molar-refractivity contribution in [3.8, 4) is 0 Å². The Balaban J connectivity index is 4.61. The van der Waals surface area contributed by atoms with Crippen molar-refractivity contribution in [2.45, 2.75) is 167 Å². The van der Waals surface area contributed by atoms with Crippen molar-refractivity contribution in [2.24, 2.45) is 5.73 Å². The van der Waals surface area contributed by atoms with Crippen LogP contribution in [0.3, 0.4) is 0 Å². The smallest absolute Gasteiger partial charge is 0.472 e. The second-order valence-corrected chi connectivity index (χ2v) is 15.1. The number of hydrogen-bond donors (Lipinski definition) is 4. The average Bonchev–Trinajstić information content (AvgIpc) is 3.15. The van der Waals surface area contributed by atoms with Gasteiger partial charge in [0.2, 0.25) is 0 Å². The van der Waals surface area contributed by atoms with Gasteiger partial charge in [0.25, 0.3) is 0 Å². The van der Waals surface area contributed by atoms with Crippen molar-refractivity contribution in [1.29, 1.82) is 0 Å². The number of aliphatic hydroxyl groups is 1. The lowest BCUT2D eigenvalue weighted by atomic mass is 10.1. The van der Waals surface area contributed by atoms with Gasteiger partial charge in [-0.1, -0.05) is 126 Å². The van der Waals surface area contributed by atoms with Gasteiger partial charge in [0, 0.05) is 12.8 Å². The van der Waals surface area contributed by atoms with E-state index in [9.17, 15) is 28.9 Å². The Hall–Kier alpha value is -2.86. The van der Waals surface area contributed by atoms with Crippen molar-refractivity contribution >= 4 is 25.7 Å². The van der Waals surface area contributed by atoms with Crippen LogP contribution in [0.1, 0.15) is 149 Å². The molecule has 0 amide bonds. The Morgan fingerprint density at radius 2 is 1.20 bits per heavy atom. The molecule has 5 N–H and O–H groups in total. The highest BCUT2D eigenvalue weighted by atomic mass is 31.2. The molecular weight excluding hydrogens is 725 g/mol. The maximum Gasteiger partial charge on any atom is 0.472 e. The maximum absolute atomic E-state index is 12.6. The van der Waals surface area contributed by atoms with Gasteiger partial charge in [-0.05, 0) is 70.6 Å². The van der Waals surface area contributed by atoms with E-state index in [4.69, 9.17) is 24.8 Å². The molecule has 0 heterocycles. The van der Waals surface area contributed by atoms with Crippen LogP contribution in [0.2, 0.25) is 0 Å². The minimum Gasteiger partial charge on any atom is -0.480 e. The number of carboxylic acids is 1. The molecule has 0 aliphatic heterocycles. The second kappa shape index (κ2) is 36.8. The summed E-state index contributed by atoms with van der Waals surface area (Å²) in [5.41, 5.74) is 5.31. The molecule has 13 heteroatoms. The molecule has 0 saturated carbocycles. The third-order valence-electron chi connectivity index (χ3n) is 8.32. The first-order chi connectivity index (χ1) is 26.5. The molecule has 0 aromatic heterocycles. The molecule has 0 fully saturated rings. The fourth-order valence-electron chi connectivity index (χ4n) is 5.01. The first-order valence-corrected chi connectivity index (χ1v) is 21.9. The van der Waals surface area contributed by atoms with Gasteiger partial charge >= 0.3 is 25.7 Å². The SMILES string of the molecule is CCCCC/C=C\C/C=C\CC(O)/C=C\C=C\CCCC(=O)OC[C@H](COP(=O)(O)OC[C@H](N)C(=O)O)OC(=O)CCCCCCC/C=C\CCCCCC. The fraction of sp³-hybridized carbons (Fsp3) is 0.690. The average molecular weight is 798 g/mol. The topological polar surface area (TPSA) is 192 Å². The molecule has 0 aliphatic rings. The molecule has 0 radical (unpaired) electrons. The minimum absolute atomic E-state index is 0.0828. The molecule has 55 heavy (non-hydrogen) atoms. The molecule has 4 atom stereocenters. The fourth-order valence-corrected chi connectivity index (χ4v) is 5.79. The summed E-state index contributed by atoms with van der Waals surface area (Å²) in [6.45, 7) is 2.58. The normalized spacial score (nSPS) is 15.0. The van der Waals surface area contributed by atoms with Crippen molar-refractivity contribution in [1.82, 2.24) is 0 Å². The number of nitrogens with two attached hydrogens (primary N) is 1. The summed E-state index contributed by atoms with van der Waals surface area (Å²) in [5.74, 6) is -2.54. The summed E-state index contributed by atoms with van der Waals surface area (Å²) >= 11 is 0. The number of aliphatic carboxylic acids is 1. The lowest BCUT2D eigenvalue weighted by Crippen LogP contribution is -2.34. The van der Waals surface area contributed by atoms with Gasteiger partial charge in [0.15, 0.2) is 6.10 Å². The number of allylic oxidation sites excluding steroid dienone is 8. The Bertz CT molecular complexity index is 1180. The first kappa shape index (κ1) is 52.1. The number of phosphoric acid groups is 1. The van der Waals surface area contributed by atoms with E-state index in [0.717, 1.165) is 51.4 Å². The number of unbranched alkanes of at least 4 members (excludes halogenated alkanes) is 13. The van der Waals surface area contributed by atoms with E-state index in [0.29, 0.717) is 25.7 Å². The quantitative estimate of drug-likeness (QED) is 0.0153. The molecule has 0 rings (SSSR count). The van der Waals surface area contributed by atoms with Crippen LogP contribution < -0.4 is 5.73 Å². The Kier molecular flexibility index (Phi) is 34.8. The maximum atomic E-state index is 12.6. The Labute approximate surface area is 330 Å². The largest absolute Gasteiger partial charge is 0.480 e. The number of phosphoric ester groups is 1. The third kappa shape index (κ3) is 36.5. The zero-order valence-corrected chi connectivity index (χ0v) is 34.5. The predicted molar refractivity (Wildman–Crippen MR) is 218 cm³/mol. The van der Waals surface area contributed by atoms with E-state index in [2.05, 4.69) is 42.7 Å². The van der Waals surface area contributed by atoms with E-state index >= 15 is 0 Å². The number of carbonyl (C=O) groups is 3. The molecular formula is C42H72NO11P. The summed E-state index contributed by atoms with van der Waals surface area (Å²) in [5, 5.41) is 19.0. The highest BCUT2D eigenvalue weighted by Gasteiger charge is 2.28. The van der Waals surface area contributed by atoms with Gasteiger partial charge in [-0.25, -0.2) is 4.57 Å². The molecule has 0 aliphatic carbocycles. The summed E-state index contributed by atoms with van der Waals surface area (Å²) in [6.07, 6.45) is 37.5. The number of aliphatic hydroxyl groups excluding tert-OH is 1. The highest BCUT2D eigenvalue weighted by Crippen LogP contribution is 2.43. The van der Waals surface area contributed by atoms with E-state index in [1.807, 2.05) is 18.2 Å². The molecule has 0 aromatic rings. The van der Waals surface area contributed by atoms with Crippen LogP contribution in [-0.2, 0) is 37.5 Å². The number of esters is 2. The highest BCUT2D eigenvalue weighted by molar-refractivity contribution is 7.47. The van der Waals surface area contributed by atoms with Crippen LogP contribution in [0.4, 0.5) is 0 Å². The molecule has 12 nitrogen and oxygen atoms in total. The van der Waals surface area contributed by atoms with Crippen molar-refractivity contribution in [2.75, 3.05) is 19.8 Å². The van der Waals surface area contributed by atoms with Gasteiger partial charge in [-0.15, -0.1) is 0 Å². The van der Waals surface area contributed by atoms with Gasteiger partial charge in [0.1, 0.15) is 12.6 Å². The zero-order valence-electron chi connectivity index (χ0n) is 33.6. The standard InChI is InChI=1S/C42H72NO11P/c1-3-5-7-9-11-13-14-15-16-18-20-24-29-33-41(46)54-38(35-52-55(49,50)53-36-39(43)42(47)48)34-51-40(45)32-28-25-21-23-27-31-37(44)30-26-22-19-17-12-10-8-6-4-2/h12-14,17,21-23,26-27,31,37-39,44H,3-11,15-16,18-20,24-25,28-30,32-36,43H2,1-2H3,(H,47,48)(H,49,50)/b14-13-,17-12-,23-21+,26-22-,31-27-/t37?,38-,39+/m1/s1. The predicted octanol–water partition coefficient (Wildman–Crippen LogP) is 9.36. The molecule has 0 saturated heterocycles. The van der Waals surface area contributed by atoms with Gasteiger partial charge < -0.3 is 30.3 Å². The van der Waals surface area contributed by atoms with Crippen LogP contribution in [0, 0.1) is 0 Å². The Morgan fingerprint density at radius 3 is 1.89 bits per heavy atom. The molecule has 2 unspecified atom stereocenters. The number of ether oxygens (including phenoxy) is 2. The van der Waals surface area contributed by atoms with E-state index < -0.39 is 63.8 Å². The van der Waals surface area contributed by atoms with Crippen molar-refractivity contribution < 1.29 is 52.6 Å². The molecule has 0 aromatic carbocycles. The number of rotatable bonds is 37. The lowest BCUT2D eigenvalue weighted by molar-refractivity contribution is -0.161. The van der Waals surface area contributed by atoms with E-state index in [1.54, 1.807) is 18.2 Å². The summed E-state index contributed by atoms with van der Waals surface area (Å²) < 4.78 is 32.5. The molecule has 0 spiro atoms. The zero-order chi connectivity index (χ0) is 40.8. The third-order valence-corrected chi connectivity index (χ3v) is 9.27. The van der Waals surface area contributed by atoms with Crippen LogP contribution in [0.15, 0.2) is 60.8 Å². The summed E-state index contributed by atoms with van der Waals surface area (Å²) in [6, 6.07) is -1.54. The number of hydrogen-bond acceptors (Lipinski definition) is 10. The Morgan fingerprint density at radius 1 is 0.655 bits per heavy atom. The summed E-state index contributed by atoms with van der Waals surface area (Å²) in [7, 11) is -4.75. The summed E-state index contributed by atoms with van der Waals surface area (Å²) in [4.78, 5) is 45.8. The first-order valence-electron chi connectivity index (χ1n) is 20.4. The van der Waals surface area contributed by atoms with Gasteiger partial charge in [0.05, 0.1) is 19.3 Å². The van der Waals surface area contributed by atoms with Crippen LogP contribution in [-0.4, -0.2) is 71.1 Å². The molecule has 316 valence electrons. The van der Waals surface area contributed by atoms with Gasteiger partial charge in [-0.2, -0.15) is 0 Å². The van der Waals surface area contributed by atoms with Crippen LogP contribution >= 0.6 is 7.82 Å². The van der Waals surface area contributed by atoms with Crippen LogP contribution in [0.5, 0.6) is 0 Å². The number of carboxylic acid groups (broad SMARTS) is 1. The lowest BCUT2D eigenvalue weighted by Gasteiger charge is -2.20. The van der Waals surface area contributed by atoms with Crippen molar-refractivity contribution in [3.63, 3.8) is 0 Å². The van der Waals surface area contributed by atoms with E-state index in [-0.39, 0.29) is 12.8 Å². The second-order valence-electron chi connectivity index (χ2n) is 13.6. The van der Waals surface area contributed by atoms with E-state index in [1.165, 1.54) is 44.9 Å². The van der Waals surface area contributed by atoms with Crippen LogP contribution in [0.25, 0.3) is 0 Å². The van der Waals surface area contributed by atoms with Crippen molar-refractivity contribution in [3.05, 3.63) is 60.8 Å². The minimum atomic E-state index is -4.75. The van der Waals surface area contributed by atoms with Gasteiger partial charge in [-0.3, -0.25) is 23.4 Å². The number of carbonyl (C=O) groups excluding carboxylic acids is 2.